The molecule has 2 aromatic heterocycles. The van der Waals surface area contributed by atoms with E-state index in [2.05, 4.69) is 20.6 Å². The molecule has 0 unspecified atom stereocenters. The second-order valence-corrected chi connectivity index (χ2v) is 6.26. The molecule has 1 amide bonds. The Labute approximate surface area is 169 Å². The molecule has 0 saturated heterocycles. The van der Waals surface area contributed by atoms with Gasteiger partial charge in [-0.2, -0.15) is 13.2 Å². The Morgan fingerprint density at radius 2 is 1.97 bits per heavy atom. The highest BCUT2D eigenvalue weighted by Crippen LogP contribution is 2.36. The lowest BCUT2D eigenvalue weighted by molar-refractivity contribution is -0.140. The van der Waals surface area contributed by atoms with Crippen molar-refractivity contribution in [1.29, 1.82) is 0 Å². The van der Waals surface area contributed by atoms with E-state index in [0.717, 1.165) is 6.07 Å². The van der Waals surface area contributed by atoms with E-state index >= 15 is 0 Å². The van der Waals surface area contributed by atoms with Crippen molar-refractivity contribution in [2.24, 2.45) is 5.73 Å². The second-order valence-electron chi connectivity index (χ2n) is 6.26. The molecule has 2 heterocycles. The van der Waals surface area contributed by atoms with Gasteiger partial charge in [0.1, 0.15) is 17.0 Å². The molecule has 0 spiro atoms. The van der Waals surface area contributed by atoms with Gasteiger partial charge in [-0.3, -0.25) is 4.79 Å². The Morgan fingerprint density at radius 3 is 2.60 bits per heavy atom. The number of rotatable bonds is 7. The number of amides is 1. The standard InChI is InChI=1S/C19H20F3N5O3/c1-24-7-8-25-17(28)16-13(9-23)30-18(27-16)11-3-5-12(29-2)15-10(11)4-6-14(26-15)19(20,21)22/h3-6,24H,7-9,23H2,1-2H3,(H,25,28). The number of likely N-dealkylation sites (N-methyl/N-ethyl adjacent to an activating group) is 1. The van der Waals surface area contributed by atoms with Crippen molar-refractivity contribution in [3.63, 3.8) is 0 Å². The summed E-state index contributed by atoms with van der Waals surface area (Å²) in [4.78, 5) is 20.3. The van der Waals surface area contributed by atoms with E-state index in [1.54, 1.807) is 13.1 Å². The number of hydrogen-bond acceptors (Lipinski definition) is 7. The number of halogens is 3. The molecular formula is C19H20F3N5O3. The largest absolute Gasteiger partial charge is 0.494 e. The number of carbonyl (C=O) groups is 1. The fourth-order valence-corrected chi connectivity index (χ4v) is 2.87. The van der Waals surface area contributed by atoms with Gasteiger partial charge < -0.3 is 25.5 Å². The van der Waals surface area contributed by atoms with Gasteiger partial charge >= 0.3 is 6.18 Å². The first-order valence-electron chi connectivity index (χ1n) is 8.98. The fourth-order valence-electron chi connectivity index (χ4n) is 2.87. The van der Waals surface area contributed by atoms with Crippen molar-refractivity contribution in [2.75, 3.05) is 27.2 Å². The van der Waals surface area contributed by atoms with Gasteiger partial charge in [-0.1, -0.05) is 0 Å². The zero-order chi connectivity index (χ0) is 21.9. The van der Waals surface area contributed by atoms with Crippen LogP contribution in [0.25, 0.3) is 22.4 Å². The van der Waals surface area contributed by atoms with Gasteiger partial charge in [0.05, 0.1) is 13.7 Å². The van der Waals surface area contributed by atoms with Crippen molar-refractivity contribution in [2.45, 2.75) is 12.7 Å². The molecule has 0 aliphatic rings. The molecule has 11 heteroatoms. The number of fused-ring (bicyclic) bond motifs is 1. The van der Waals surface area contributed by atoms with Crippen LogP contribution in [0.5, 0.6) is 5.75 Å². The van der Waals surface area contributed by atoms with Crippen LogP contribution < -0.4 is 21.1 Å². The fraction of sp³-hybridized carbons (Fsp3) is 0.316. The summed E-state index contributed by atoms with van der Waals surface area (Å²) < 4.78 is 50.1. The molecule has 0 aliphatic carbocycles. The summed E-state index contributed by atoms with van der Waals surface area (Å²) in [6.07, 6.45) is -4.61. The predicted molar refractivity (Wildman–Crippen MR) is 103 cm³/mol. The molecule has 0 saturated carbocycles. The number of nitrogens with zero attached hydrogens (tertiary/aromatic N) is 2. The summed E-state index contributed by atoms with van der Waals surface area (Å²) in [5.74, 6) is -0.0919. The Hall–Kier alpha value is -3.18. The monoisotopic (exact) mass is 423 g/mol. The highest BCUT2D eigenvalue weighted by molar-refractivity contribution is 5.98. The normalized spacial score (nSPS) is 11.7. The van der Waals surface area contributed by atoms with Crippen molar-refractivity contribution in [1.82, 2.24) is 20.6 Å². The summed E-state index contributed by atoms with van der Waals surface area (Å²) in [6.45, 7) is 0.855. The van der Waals surface area contributed by atoms with Crippen LogP contribution in [0, 0.1) is 0 Å². The van der Waals surface area contributed by atoms with E-state index in [1.807, 2.05) is 0 Å². The second kappa shape index (κ2) is 8.67. The number of oxazole rings is 1. The van der Waals surface area contributed by atoms with E-state index < -0.39 is 17.8 Å². The molecule has 160 valence electrons. The molecule has 3 rings (SSSR count). The number of alkyl halides is 3. The van der Waals surface area contributed by atoms with Crippen LogP contribution in [0.2, 0.25) is 0 Å². The van der Waals surface area contributed by atoms with Crippen LogP contribution in [-0.4, -0.2) is 43.1 Å². The Balaban J connectivity index is 2.09. The third-order valence-electron chi connectivity index (χ3n) is 4.32. The summed E-state index contributed by atoms with van der Waals surface area (Å²) in [6, 6.07) is 5.17. The van der Waals surface area contributed by atoms with Gasteiger partial charge in [0.2, 0.25) is 5.89 Å². The number of nitrogens with one attached hydrogen (secondary N) is 2. The number of benzene rings is 1. The summed E-state index contributed by atoms with van der Waals surface area (Å²) in [7, 11) is 3.08. The average Bonchev–Trinajstić information content (AvgIpc) is 3.16. The van der Waals surface area contributed by atoms with Gasteiger partial charge in [0.15, 0.2) is 11.5 Å². The van der Waals surface area contributed by atoms with Crippen LogP contribution in [0.1, 0.15) is 21.9 Å². The lowest BCUT2D eigenvalue weighted by Crippen LogP contribution is -2.31. The molecule has 1 aromatic carbocycles. The third kappa shape index (κ3) is 4.21. The highest BCUT2D eigenvalue weighted by atomic mass is 19.4. The van der Waals surface area contributed by atoms with Crippen LogP contribution in [0.15, 0.2) is 28.7 Å². The number of hydrogen-bond donors (Lipinski definition) is 3. The minimum absolute atomic E-state index is 0.00246. The lowest BCUT2D eigenvalue weighted by Gasteiger charge is -2.11. The number of carbonyl (C=O) groups excluding carboxylic acids is 1. The highest BCUT2D eigenvalue weighted by Gasteiger charge is 2.33. The summed E-state index contributed by atoms with van der Waals surface area (Å²) >= 11 is 0. The smallest absolute Gasteiger partial charge is 0.433 e. The molecular weight excluding hydrogens is 403 g/mol. The molecule has 0 aliphatic heterocycles. The molecule has 4 N–H and O–H groups in total. The first kappa shape index (κ1) is 21.5. The van der Waals surface area contributed by atoms with Crippen molar-refractivity contribution < 1.29 is 27.1 Å². The molecule has 30 heavy (non-hydrogen) atoms. The molecule has 8 nitrogen and oxygen atoms in total. The van der Waals surface area contributed by atoms with Crippen molar-refractivity contribution in [3.05, 3.63) is 41.4 Å². The zero-order valence-corrected chi connectivity index (χ0v) is 16.3. The topological polar surface area (TPSA) is 115 Å². The van der Waals surface area contributed by atoms with Crippen LogP contribution >= 0.6 is 0 Å². The molecule has 0 atom stereocenters. The van der Waals surface area contributed by atoms with E-state index in [-0.39, 0.29) is 35.2 Å². The lowest BCUT2D eigenvalue weighted by atomic mass is 10.1. The van der Waals surface area contributed by atoms with Gasteiger partial charge in [0.25, 0.3) is 5.91 Å². The van der Waals surface area contributed by atoms with E-state index in [0.29, 0.717) is 24.0 Å². The Kier molecular flexibility index (Phi) is 6.22. The number of nitrogens with two attached hydrogens (primary N) is 1. The first-order chi connectivity index (χ1) is 14.3. The van der Waals surface area contributed by atoms with Crippen molar-refractivity contribution in [3.8, 4) is 17.2 Å². The Morgan fingerprint density at radius 1 is 1.20 bits per heavy atom. The molecule has 3 aromatic rings. The maximum atomic E-state index is 13.1. The minimum atomic E-state index is -4.61. The van der Waals surface area contributed by atoms with Crippen molar-refractivity contribution >= 4 is 16.8 Å². The SMILES string of the molecule is CNCCNC(=O)c1nc(-c2ccc(OC)c3nc(C(F)(F)F)ccc23)oc1CN. The minimum Gasteiger partial charge on any atom is -0.494 e. The maximum absolute atomic E-state index is 13.1. The van der Waals surface area contributed by atoms with Crippen LogP contribution in [0.3, 0.4) is 0 Å². The van der Waals surface area contributed by atoms with Gasteiger partial charge in [-0.25, -0.2) is 9.97 Å². The number of methoxy groups -OCH3 is 1. The third-order valence-corrected chi connectivity index (χ3v) is 4.32. The van der Waals surface area contributed by atoms with E-state index in [9.17, 15) is 18.0 Å². The number of pyridine rings is 1. The zero-order valence-electron chi connectivity index (χ0n) is 16.3. The summed E-state index contributed by atoms with van der Waals surface area (Å²) in [5, 5.41) is 5.91. The van der Waals surface area contributed by atoms with E-state index in [1.165, 1.54) is 19.2 Å². The Bertz CT molecular complexity index is 1070. The molecule has 0 bridgehead atoms. The number of aromatic nitrogens is 2. The van der Waals surface area contributed by atoms with Crippen LogP contribution in [-0.2, 0) is 12.7 Å². The van der Waals surface area contributed by atoms with E-state index in [4.69, 9.17) is 14.9 Å². The average molecular weight is 423 g/mol. The van der Waals surface area contributed by atoms with Gasteiger partial charge in [-0.05, 0) is 31.3 Å². The first-order valence-corrected chi connectivity index (χ1v) is 8.98. The molecule has 0 fully saturated rings. The quantitative estimate of drug-likeness (QED) is 0.500. The predicted octanol–water partition coefficient (Wildman–Crippen LogP) is 2.33. The number of ether oxygens (including phenoxy) is 1. The molecule has 0 radical (unpaired) electrons. The maximum Gasteiger partial charge on any atom is 0.433 e. The van der Waals surface area contributed by atoms with Crippen LogP contribution in [0.4, 0.5) is 13.2 Å². The summed E-state index contributed by atoms with van der Waals surface area (Å²) in [5.41, 5.74) is 5.00. The van der Waals surface area contributed by atoms with Gasteiger partial charge in [0, 0.05) is 24.0 Å². The van der Waals surface area contributed by atoms with Gasteiger partial charge in [-0.15, -0.1) is 0 Å².